The molecular weight excluding hydrogens is 290 g/mol. The molecule has 1 N–H and O–H groups in total. The van der Waals surface area contributed by atoms with E-state index in [-0.39, 0.29) is 5.92 Å². The van der Waals surface area contributed by atoms with Gasteiger partial charge in [-0.3, -0.25) is 4.79 Å². The second kappa shape index (κ2) is 7.52. The third-order valence-electron chi connectivity index (χ3n) is 4.49. The van der Waals surface area contributed by atoms with E-state index in [1.807, 2.05) is 0 Å². The van der Waals surface area contributed by atoms with Gasteiger partial charge in [-0.1, -0.05) is 60.9 Å². The average Bonchev–Trinajstić information content (AvgIpc) is 2.73. The van der Waals surface area contributed by atoms with Gasteiger partial charge < -0.3 is 5.32 Å². The molecular formula is C15H26BrNO. The lowest BCUT2D eigenvalue weighted by Gasteiger charge is -2.24. The van der Waals surface area contributed by atoms with Crippen LogP contribution in [0.15, 0.2) is 0 Å². The molecule has 2 nitrogen and oxygen atoms in total. The Morgan fingerprint density at radius 2 is 1.39 bits per heavy atom. The minimum absolute atomic E-state index is 0.287. The Labute approximate surface area is 119 Å². The molecule has 3 heteroatoms. The van der Waals surface area contributed by atoms with Crippen LogP contribution in [-0.4, -0.2) is 16.8 Å². The molecule has 18 heavy (non-hydrogen) atoms. The Bertz CT molecular complexity index is 261. The van der Waals surface area contributed by atoms with E-state index in [1.54, 1.807) is 0 Å². The minimum Gasteiger partial charge on any atom is -0.352 e. The van der Waals surface area contributed by atoms with Gasteiger partial charge in [0.2, 0.25) is 5.91 Å². The first-order valence-electron chi connectivity index (χ1n) is 7.72. The second-order valence-electron chi connectivity index (χ2n) is 5.96. The van der Waals surface area contributed by atoms with Gasteiger partial charge in [-0.25, -0.2) is 0 Å². The summed E-state index contributed by atoms with van der Waals surface area (Å²) in [6.07, 6.45) is 13.5. The maximum absolute atomic E-state index is 12.3. The van der Waals surface area contributed by atoms with Crippen molar-refractivity contribution in [3.8, 4) is 0 Å². The molecule has 2 unspecified atom stereocenters. The summed E-state index contributed by atoms with van der Waals surface area (Å²) in [5.74, 6) is 0.615. The van der Waals surface area contributed by atoms with Crippen molar-refractivity contribution in [3.05, 3.63) is 0 Å². The number of carbonyl (C=O) groups excluding carboxylic acids is 1. The number of rotatable bonds is 2. The summed E-state index contributed by atoms with van der Waals surface area (Å²) in [5.41, 5.74) is 0. The number of hydrogen-bond acceptors (Lipinski definition) is 1. The number of nitrogens with one attached hydrogen (secondary N) is 1. The molecule has 1 amide bonds. The summed E-state index contributed by atoms with van der Waals surface area (Å²) >= 11 is 3.76. The Kier molecular flexibility index (Phi) is 6.00. The summed E-state index contributed by atoms with van der Waals surface area (Å²) in [6.45, 7) is 0. The number of hydrogen-bond donors (Lipinski definition) is 1. The van der Waals surface area contributed by atoms with Crippen molar-refractivity contribution in [1.82, 2.24) is 5.32 Å². The van der Waals surface area contributed by atoms with Crippen molar-refractivity contribution < 1.29 is 4.79 Å². The van der Waals surface area contributed by atoms with Crippen LogP contribution in [0.3, 0.4) is 0 Å². The van der Waals surface area contributed by atoms with Crippen molar-refractivity contribution in [3.63, 3.8) is 0 Å². The Hall–Kier alpha value is -0.0500. The highest BCUT2D eigenvalue weighted by Crippen LogP contribution is 2.26. The van der Waals surface area contributed by atoms with Crippen LogP contribution < -0.4 is 5.32 Å². The largest absolute Gasteiger partial charge is 0.352 e. The summed E-state index contributed by atoms with van der Waals surface area (Å²) in [7, 11) is 0. The van der Waals surface area contributed by atoms with Gasteiger partial charge >= 0.3 is 0 Å². The molecule has 2 atom stereocenters. The quantitative estimate of drug-likeness (QED) is 0.601. The molecule has 2 fully saturated rings. The summed E-state index contributed by atoms with van der Waals surface area (Å²) in [4.78, 5) is 12.8. The van der Waals surface area contributed by atoms with E-state index < -0.39 is 0 Å². The first-order valence-corrected chi connectivity index (χ1v) is 8.63. The van der Waals surface area contributed by atoms with Crippen LogP contribution in [-0.2, 0) is 4.79 Å². The molecule has 0 aromatic rings. The Morgan fingerprint density at radius 1 is 0.833 bits per heavy atom. The molecule has 0 saturated heterocycles. The number of halogens is 1. The maximum atomic E-state index is 12.3. The number of alkyl halides is 1. The van der Waals surface area contributed by atoms with E-state index in [9.17, 15) is 4.79 Å². The first kappa shape index (κ1) is 14.4. The second-order valence-corrected chi connectivity index (χ2v) is 7.13. The SMILES string of the molecule is O=C(NC1CCCCCC1Br)C1CCCCCC1. The summed E-state index contributed by atoms with van der Waals surface area (Å²) in [6, 6.07) is 0.364. The zero-order valence-electron chi connectivity index (χ0n) is 11.3. The highest BCUT2D eigenvalue weighted by atomic mass is 79.9. The third-order valence-corrected chi connectivity index (χ3v) is 5.58. The van der Waals surface area contributed by atoms with Crippen molar-refractivity contribution in [2.45, 2.75) is 81.5 Å². The van der Waals surface area contributed by atoms with Crippen LogP contribution in [0.25, 0.3) is 0 Å². The van der Waals surface area contributed by atoms with Gasteiger partial charge in [0.05, 0.1) is 0 Å². The molecule has 2 rings (SSSR count). The van der Waals surface area contributed by atoms with E-state index in [0.717, 1.165) is 19.3 Å². The van der Waals surface area contributed by atoms with Gasteiger partial charge in [-0.05, 0) is 25.7 Å². The van der Waals surface area contributed by atoms with Gasteiger partial charge in [0.15, 0.2) is 0 Å². The molecule has 2 aliphatic rings. The minimum atomic E-state index is 0.287. The molecule has 0 aromatic carbocycles. The van der Waals surface area contributed by atoms with Gasteiger partial charge in [-0.15, -0.1) is 0 Å². The normalized spacial score (nSPS) is 31.4. The number of amides is 1. The topological polar surface area (TPSA) is 29.1 Å². The van der Waals surface area contributed by atoms with Crippen LogP contribution >= 0.6 is 15.9 Å². The molecule has 0 heterocycles. The zero-order valence-corrected chi connectivity index (χ0v) is 12.9. The fraction of sp³-hybridized carbons (Fsp3) is 0.933. The molecule has 0 radical (unpaired) electrons. The molecule has 0 spiro atoms. The van der Waals surface area contributed by atoms with E-state index >= 15 is 0 Å². The van der Waals surface area contributed by atoms with E-state index in [2.05, 4.69) is 21.2 Å². The molecule has 2 saturated carbocycles. The smallest absolute Gasteiger partial charge is 0.223 e. The fourth-order valence-electron chi connectivity index (χ4n) is 3.27. The van der Waals surface area contributed by atoms with Crippen molar-refractivity contribution >= 4 is 21.8 Å². The first-order chi connectivity index (χ1) is 8.77. The van der Waals surface area contributed by atoms with Gasteiger partial charge in [-0.2, -0.15) is 0 Å². The molecule has 104 valence electrons. The van der Waals surface area contributed by atoms with Crippen molar-refractivity contribution in [2.24, 2.45) is 5.92 Å². The average molecular weight is 316 g/mol. The van der Waals surface area contributed by atoms with Crippen LogP contribution in [0.1, 0.15) is 70.6 Å². The summed E-state index contributed by atoms with van der Waals surface area (Å²) < 4.78 is 0. The monoisotopic (exact) mass is 315 g/mol. The lowest BCUT2D eigenvalue weighted by Crippen LogP contribution is -2.43. The standard InChI is InChI=1S/C15H26BrNO/c16-13-10-6-3-7-11-14(13)17-15(18)12-8-4-1-2-5-9-12/h12-14H,1-11H2,(H,17,18). The maximum Gasteiger partial charge on any atom is 0.223 e. The van der Waals surface area contributed by atoms with E-state index in [4.69, 9.17) is 0 Å². The van der Waals surface area contributed by atoms with Gasteiger partial charge in [0.1, 0.15) is 0 Å². The molecule has 0 aliphatic heterocycles. The highest BCUT2D eigenvalue weighted by molar-refractivity contribution is 9.09. The Morgan fingerprint density at radius 3 is 2.11 bits per heavy atom. The zero-order chi connectivity index (χ0) is 12.8. The summed E-state index contributed by atoms with van der Waals surface area (Å²) in [5, 5.41) is 3.32. The van der Waals surface area contributed by atoms with E-state index in [0.29, 0.717) is 16.8 Å². The predicted octanol–water partition coefficient (Wildman–Crippen LogP) is 4.17. The van der Waals surface area contributed by atoms with E-state index in [1.165, 1.54) is 51.4 Å². The Balaban J connectivity index is 1.84. The lowest BCUT2D eigenvalue weighted by atomic mass is 9.98. The lowest BCUT2D eigenvalue weighted by molar-refractivity contribution is -0.126. The van der Waals surface area contributed by atoms with Crippen LogP contribution in [0, 0.1) is 5.92 Å². The van der Waals surface area contributed by atoms with Crippen LogP contribution in [0.2, 0.25) is 0 Å². The van der Waals surface area contributed by atoms with Gasteiger partial charge in [0, 0.05) is 16.8 Å². The molecule has 2 aliphatic carbocycles. The fourth-order valence-corrected chi connectivity index (χ4v) is 3.99. The molecule has 0 bridgehead atoms. The van der Waals surface area contributed by atoms with Crippen LogP contribution in [0.4, 0.5) is 0 Å². The number of carbonyl (C=O) groups is 1. The van der Waals surface area contributed by atoms with Gasteiger partial charge in [0.25, 0.3) is 0 Å². The van der Waals surface area contributed by atoms with Crippen molar-refractivity contribution in [2.75, 3.05) is 0 Å². The highest BCUT2D eigenvalue weighted by Gasteiger charge is 2.26. The van der Waals surface area contributed by atoms with Crippen molar-refractivity contribution in [1.29, 1.82) is 0 Å². The third kappa shape index (κ3) is 4.25. The van der Waals surface area contributed by atoms with Crippen LogP contribution in [0.5, 0.6) is 0 Å². The molecule has 0 aromatic heterocycles. The predicted molar refractivity (Wildman–Crippen MR) is 78.9 cm³/mol.